The third kappa shape index (κ3) is 3.52. The van der Waals surface area contributed by atoms with E-state index in [1.165, 1.54) is 11.3 Å². The van der Waals surface area contributed by atoms with Gasteiger partial charge in [-0.3, -0.25) is 4.90 Å². The smallest absolute Gasteiger partial charge is 0.230 e. The first kappa shape index (κ1) is 18.2. The van der Waals surface area contributed by atoms with Crippen LogP contribution in [0.4, 0.5) is 0 Å². The SMILES string of the molecule is CCOc1ccc(C(c2sc3nc(CC)nn3c2O)N2CCOCC2)cc1. The molecule has 1 atom stereocenters. The van der Waals surface area contributed by atoms with Crippen LogP contribution in [0.2, 0.25) is 0 Å². The predicted octanol–water partition coefficient (Wildman–Crippen LogP) is 2.88. The summed E-state index contributed by atoms with van der Waals surface area (Å²) in [5.74, 6) is 1.76. The fraction of sp³-hybridized carbons (Fsp3) is 0.474. The van der Waals surface area contributed by atoms with Crippen LogP contribution in [0.3, 0.4) is 0 Å². The Labute approximate surface area is 162 Å². The van der Waals surface area contributed by atoms with Crippen molar-refractivity contribution < 1.29 is 14.6 Å². The van der Waals surface area contributed by atoms with E-state index in [2.05, 4.69) is 27.1 Å². The van der Waals surface area contributed by atoms with Gasteiger partial charge < -0.3 is 14.6 Å². The molecule has 4 rings (SSSR count). The van der Waals surface area contributed by atoms with Crippen molar-refractivity contribution in [3.05, 3.63) is 40.5 Å². The Hall–Kier alpha value is -2.16. The quantitative estimate of drug-likeness (QED) is 0.700. The normalized spacial score (nSPS) is 16.7. The molecule has 2 aromatic heterocycles. The van der Waals surface area contributed by atoms with Crippen molar-refractivity contribution in [2.45, 2.75) is 26.3 Å². The molecule has 0 spiro atoms. The van der Waals surface area contributed by atoms with Crippen molar-refractivity contribution >= 4 is 16.3 Å². The number of benzene rings is 1. The lowest BCUT2D eigenvalue weighted by Crippen LogP contribution is -2.39. The fourth-order valence-corrected chi connectivity index (χ4v) is 4.53. The van der Waals surface area contributed by atoms with E-state index in [1.807, 2.05) is 26.0 Å². The van der Waals surface area contributed by atoms with Crippen LogP contribution < -0.4 is 4.74 Å². The number of ether oxygens (including phenoxy) is 2. The van der Waals surface area contributed by atoms with Crippen LogP contribution in [0.15, 0.2) is 24.3 Å². The van der Waals surface area contributed by atoms with Gasteiger partial charge in [0.25, 0.3) is 0 Å². The lowest BCUT2D eigenvalue weighted by atomic mass is 10.0. The molecule has 3 aromatic rings. The summed E-state index contributed by atoms with van der Waals surface area (Å²) in [5.41, 5.74) is 1.11. The Morgan fingerprint density at radius 1 is 1.22 bits per heavy atom. The van der Waals surface area contributed by atoms with E-state index in [4.69, 9.17) is 9.47 Å². The van der Waals surface area contributed by atoms with Crippen LogP contribution in [-0.4, -0.2) is 57.5 Å². The lowest BCUT2D eigenvalue weighted by molar-refractivity contribution is 0.0241. The molecule has 0 amide bonds. The Morgan fingerprint density at radius 3 is 2.59 bits per heavy atom. The lowest BCUT2D eigenvalue weighted by Gasteiger charge is -2.34. The van der Waals surface area contributed by atoms with E-state index in [9.17, 15) is 5.11 Å². The summed E-state index contributed by atoms with van der Waals surface area (Å²) >= 11 is 1.50. The molecule has 1 fully saturated rings. The topological polar surface area (TPSA) is 72.1 Å². The van der Waals surface area contributed by atoms with Gasteiger partial charge in [0.15, 0.2) is 5.82 Å². The Morgan fingerprint density at radius 2 is 1.96 bits per heavy atom. The molecule has 27 heavy (non-hydrogen) atoms. The first-order valence-corrected chi connectivity index (χ1v) is 10.1. The zero-order valence-electron chi connectivity index (χ0n) is 15.6. The molecule has 1 aliphatic heterocycles. The van der Waals surface area contributed by atoms with E-state index in [-0.39, 0.29) is 11.9 Å². The molecule has 8 heteroatoms. The highest BCUT2D eigenvalue weighted by atomic mass is 32.1. The van der Waals surface area contributed by atoms with Crippen LogP contribution in [0.25, 0.3) is 4.96 Å². The third-order valence-corrected chi connectivity index (χ3v) is 5.80. The maximum atomic E-state index is 10.9. The number of fused-ring (bicyclic) bond motifs is 1. The average Bonchev–Trinajstić information content (AvgIpc) is 3.24. The first-order valence-electron chi connectivity index (χ1n) is 9.33. The van der Waals surface area contributed by atoms with Gasteiger partial charge in [-0.25, -0.2) is 4.98 Å². The van der Waals surface area contributed by atoms with Gasteiger partial charge in [-0.05, 0) is 24.6 Å². The van der Waals surface area contributed by atoms with Crippen molar-refractivity contribution in [1.82, 2.24) is 19.5 Å². The molecule has 1 unspecified atom stereocenters. The minimum atomic E-state index is -0.0665. The molecule has 3 heterocycles. The minimum absolute atomic E-state index is 0.0665. The molecule has 0 aliphatic carbocycles. The number of hydrogen-bond donors (Lipinski definition) is 1. The number of thiazole rings is 1. The molecule has 144 valence electrons. The van der Waals surface area contributed by atoms with Gasteiger partial charge in [-0.2, -0.15) is 4.52 Å². The van der Waals surface area contributed by atoms with Crippen molar-refractivity contribution in [2.75, 3.05) is 32.9 Å². The molecule has 0 radical (unpaired) electrons. The predicted molar refractivity (Wildman–Crippen MR) is 104 cm³/mol. The van der Waals surface area contributed by atoms with Gasteiger partial charge >= 0.3 is 0 Å². The van der Waals surface area contributed by atoms with E-state index >= 15 is 0 Å². The van der Waals surface area contributed by atoms with E-state index in [0.717, 1.165) is 46.5 Å². The second-order valence-electron chi connectivity index (χ2n) is 6.42. The van der Waals surface area contributed by atoms with Crippen molar-refractivity contribution in [3.63, 3.8) is 0 Å². The van der Waals surface area contributed by atoms with Gasteiger partial charge in [0, 0.05) is 19.5 Å². The molecular formula is C19H24N4O3S. The summed E-state index contributed by atoms with van der Waals surface area (Å²) in [4.78, 5) is 8.44. The Balaban J connectivity index is 1.75. The highest BCUT2D eigenvalue weighted by Gasteiger charge is 2.30. The van der Waals surface area contributed by atoms with Crippen molar-refractivity contribution in [2.24, 2.45) is 0 Å². The molecule has 1 aromatic carbocycles. The third-order valence-electron chi connectivity index (χ3n) is 4.73. The minimum Gasteiger partial charge on any atom is -0.494 e. The van der Waals surface area contributed by atoms with Crippen LogP contribution in [0, 0.1) is 0 Å². The van der Waals surface area contributed by atoms with E-state index in [1.54, 1.807) is 4.52 Å². The zero-order valence-corrected chi connectivity index (χ0v) is 16.4. The molecule has 1 aliphatic rings. The van der Waals surface area contributed by atoms with Gasteiger partial charge in [0.05, 0.1) is 30.7 Å². The van der Waals surface area contributed by atoms with Crippen LogP contribution in [0.5, 0.6) is 11.6 Å². The van der Waals surface area contributed by atoms with Crippen molar-refractivity contribution in [1.29, 1.82) is 0 Å². The van der Waals surface area contributed by atoms with E-state index < -0.39 is 0 Å². The summed E-state index contributed by atoms with van der Waals surface area (Å²) in [5, 5.41) is 15.3. The second kappa shape index (κ2) is 7.84. The number of hydrogen-bond acceptors (Lipinski definition) is 7. The summed E-state index contributed by atoms with van der Waals surface area (Å²) in [7, 11) is 0. The number of aryl methyl sites for hydroxylation is 1. The standard InChI is InChI=1S/C19H24N4O3S/c1-3-15-20-19-23(21-15)18(24)17(27-19)16(22-9-11-25-12-10-22)13-5-7-14(8-6-13)26-4-2/h5-8,16,24H,3-4,9-12H2,1-2H3. The molecule has 0 saturated carbocycles. The number of rotatable bonds is 6. The maximum absolute atomic E-state index is 10.9. The number of nitrogens with zero attached hydrogens (tertiary/aromatic N) is 4. The first-order chi connectivity index (χ1) is 13.2. The van der Waals surface area contributed by atoms with Gasteiger partial charge in [-0.1, -0.05) is 30.4 Å². The monoisotopic (exact) mass is 388 g/mol. The second-order valence-corrected chi connectivity index (χ2v) is 7.43. The van der Waals surface area contributed by atoms with Crippen LogP contribution in [-0.2, 0) is 11.2 Å². The van der Waals surface area contributed by atoms with E-state index in [0.29, 0.717) is 19.8 Å². The maximum Gasteiger partial charge on any atom is 0.230 e. The van der Waals surface area contributed by atoms with Gasteiger partial charge in [-0.15, -0.1) is 5.10 Å². The number of aromatic nitrogens is 3. The summed E-state index contributed by atoms with van der Waals surface area (Å²) in [6.45, 7) is 7.62. The molecule has 0 bridgehead atoms. The van der Waals surface area contributed by atoms with Crippen LogP contribution in [0.1, 0.15) is 36.2 Å². The molecule has 1 N–H and O–H groups in total. The molecule has 1 saturated heterocycles. The van der Waals surface area contributed by atoms with Crippen molar-refractivity contribution in [3.8, 4) is 11.6 Å². The summed E-state index contributed by atoms with van der Waals surface area (Å²) in [6.07, 6.45) is 0.745. The summed E-state index contributed by atoms with van der Waals surface area (Å²) in [6, 6.07) is 8.03. The average molecular weight is 388 g/mol. The number of aromatic hydroxyl groups is 1. The summed E-state index contributed by atoms with van der Waals surface area (Å²) < 4.78 is 12.7. The highest BCUT2D eigenvalue weighted by molar-refractivity contribution is 7.17. The van der Waals surface area contributed by atoms with Gasteiger partial charge in [0.2, 0.25) is 10.8 Å². The largest absolute Gasteiger partial charge is 0.494 e. The molecular weight excluding hydrogens is 364 g/mol. The molecule has 7 nitrogen and oxygen atoms in total. The Bertz CT molecular complexity index is 900. The number of morpholine rings is 1. The van der Waals surface area contributed by atoms with Gasteiger partial charge in [0.1, 0.15) is 5.75 Å². The Kier molecular flexibility index (Phi) is 5.29. The highest BCUT2D eigenvalue weighted by Crippen LogP contribution is 2.40. The zero-order chi connectivity index (χ0) is 18.8. The van der Waals surface area contributed by atoms with Crippen LogP contribution >= 0.6 is 11.3 Å². The fourth-order valence-electron chi connectivity index (χ4n) is 3.40.